The number of carbonyl (C=O) groups is 1. The molecule has 0 saturated heterocycles. The van der Waals surface area contributed by atoms with Crippen molar-refractivity contribution in [3.8, 4) is 5.69 Å². The Hall–Kier alpha value is -3.29. The average molecular weight is 415 g/mol. The van der Waals surface area contributed by atoms with E-state index >= 15 is 0 Å². The van der Waals surface area contributed by atoms with Crippen LogP contribution in [0.4, 0.5) is 13.6 Å². The SMILES string of the molecule is CC[C@H](NC(=O)OC(C)(C)C)c1nc2c(F)ccc(F)c2c(=O)n1-c1ccccc1. The van der Waals surface area contributed by atoms with Crippen LogP contribution >= 0.6 is 0 Å². The van der Waals surface area contributed by atoms with Gasteiger partial charge in [-0.2, -0.15) is 0 Å². The largest absolute Gasteiger partial charge is 0.444 e. The van der Waals surface area contributed by atoms with Crippen molar-refractivity contribution < 1.29 is 18.3 Å². The van der Waals surface area contributed by atoms with Gasteiger partial charge in [-0.1, -0.05) is 25.1 Å². The number of nitrogens with one attached hydrogen (secondary N) is 1. The Labute approximate surface area is 172 Å². The molecule has 1 atom stereocenters. The van der Waals surface area contributed by atoms with E-state index in [-0.39, 0.29) is 11.3 Å². The molecular weight excluding hydrogens is 392 g/mol. The number of aromatic nitrogens is 2. The van der Waals surface area contributed by atoms with E-state index in [9.17, 15) is 18.4 Å². The Morgan fingerprint density at radius 1 is 1.13 bits per heavy atom. The van der Waals surface area contributed by atoms with Gasteiger partial charge < -0.3 is 10.1 Å². The smallest absolute Gasteiger partial charge is 0.408 e. The van der Waals surface area contributed by atoms with Crippen LogP contribution in [0.5, 0.6) is 0 Å². The zero-order chi connectivity index (χ0) is 22.1. The third-order valence-electron chi connectivity index (χ3n) is 4.38. The maximum atomic E-state index is 14.4. The van der Waals surface area contributed by atoms with Crippen LogP contribution in [0.25, 0.3) is 16.6 Å². The van der Waals surface area contributed by atoms with Crippen molar-refractivity contribution >= 4 is 17.0 Å². The van der Waals surface area contributed by atoms with Crippen molar-refractivity contribution in [2.24, 2.45) is 0 Å². The number of para-hydroxylation sites is 1. The summed E-state index contributed by atoms with van der Waals surface area (Å²) in [5.41, 5.74) is -1.46. The number of rotatable bonds is 4. The lowest BCUT2D eigenvalue weighted by molar-refractivity contribution is 0.0499. The van der Waals surface area contributed by atoms with Crippen LogP contribution in [-0.2, 0) is 4.74 Å². The normalized spacial score (nSPS) is 12.6. The quantitative estimate of drug-likeness (QED) is 0.674. The van der Waals surface area contributed by atoms with Crippen molar-refractivity contribution in [3.05, 3.63) is 70.3 Å². The lowest BCUT2D eigenvalue weighted by Gasteiger charge is -2.24. The maximum absolute atomic E-state index is 14.4. The Bertz CT molecular complexity index is 1140. The van der Waals surface area contributed by atoms with E-state index in [1.165, 1.54) is 4.57 Å². The first-order valence-electron chi connectivity index (χ1n) is 9.58. The summed E-state index contributed by atoms with van der Waals surface area (Å²) in [6.45, 7) is 6.94. The van der Waals surface area contributed by atoms with Gasteiger partial charge in [0.25, 0.3) is 5.56 Å². The van der Waals surface area contributed by atoms with Crippen molar-refractivity contribution in [3.63, 3.8) is 0 Å². The van der Waals surface area contributed by atoms with Gasteiger partial charge in [0.2, 0.25) is 0 Å². The number of alkyl carbamates (subject to hydrolysis) is 1. The number of carbonyl (C=O) groups excluding carboxylic acids is 1. The Morgan fingerprint density at radius 3 is 2.37 bits per heavy atom. The molecule has 0 saturated carbocycles. The lowest BCUT2D eigenvalue weighted by Crippen LogP contribution is -2.38. The Morgan fingerprint density at radius 2 is 1.77 bits per heavy atom. The second-order valence-electron chi connectivity index (χ2n) is 7.81. The molecule has 1 aromatic heterocycles. The number of benzene rings is 2. The molecule has 0 spiro atoms. The minimum atomic E-state index is -0.867. The summed E-state index contributed by atoms with van der Waals surface area (Å²) in [6, 6.07) is 9.51. The molecule has 1 heterocycles. The molecule has 1 N–H and O–H groups in total. The predicted molar refractivity (Wildman–Crippen MR) is 110 cm³/mol. The lowest BCUT2D eigenvalue weighted by atomic mass is 10.1. The van der Waals surface area contributed by atoms with Gasteiger partial charge in [0.15, 0.2) is 0 Å². The molecule has 3 aromatic rings. The maximum Gasteiger partial charge on any atom is 0.408 e. The first kappa shape index (κ1) is 21.4. The zero-order valence-corrected chi connectivity index (χ0v) is 17.2. The van der Waals surface area contributed by atoms with Crippen molar-refractivity contribution in [1.29, 1.82) is 0 Å². The van der Waals surface area contributed by atoms with E-state index in [0.29, 0.717) is 12.1 Å². The van der Waals surface area contributed by atoms with Gasteiger partial charge >= 0.3 is 6.09 Å². The second kappa shape index (κ2) is 8.22. The highest BCUT2D eigenvalue weighted by Crippen LogP contribution is 2.23. The minimum Gasteiger partial charge on any atom is -0.444 e. The van der Waals surface area contributed by atoms with Crippen LogP contribution < -0.4 is 10.9 Å². The van der Waals surface area contributed by atoms with Crippen molar-refractivity contribution in [1.82, 2.24) is 14.9 Å². The summed E-state index contributed by atoms with van der Waals surface area (Å²) >= 11 is 0. The van der Waals surface area contributed by atoms with E-state index in [4.69, 9.17) is 4.74 Å². The summed E-state index contributed by atoms with van der Waals surface area (Å²) < 4.78 is 35.3. The molecule has 1 amide bonds. The molecule has 0 aliphatic heterocycles. The van der Waals surface area contributed by atoms with Crippen LogP contribution in [0.1, 0.15) is 46.0 Å². The zero-order valence-electron chi connectivity index (χ0n) is 17.2. The fourth-order valence-electron chi connectivity index (χ4n) is 3.09. The number of ether oxygens (including phenoxy) is 1. The third-order valence-corrected chi connectivity index (χ3v) is 4.38. The van der Waals surface area contributed by atoms with Crippen LogP contribution in [-0.4, -0.2) is 21.2 Å². The predicted octanol–water partition coefficient (Wildman–Crippen LogP) is 4.64. The first-order valence-corrected chi connectivity index (χ1v) is 9.58. The third kappa shape index (κ3) is 4.32. The number of hydrogen-bond donors (Lipinski definition) is 1. The molecule has 2 aromatic carbocycles. The number of nitrogens with zero attached hydrogens (tertiary/aromatic N) is 2. The second-order valence-corrected chi connectivity index (χ2v) is 7.81. The van der Waals surface area contributed by atoms with Crippen LogP contribution in [0, 0.1) is 11.6 Å². The van der Waals surface area contributed by atoms with E-state index in [1.807, 2.05) is 0 Å². The highest BCUT2D eigenvalue weighted by molar-refractivity contribution is 5.79. The summed E-state index contributed by atoms with van der Waals surface area (Å²) in [4.78, 5) is 29.8. The van der Waals surface area contributed by atoms with E-state index in [1.54, 1.807) is 58.0 Å². The van der Waals surface area contributed by atoms with E-state index < -0.39 is 40.3 Å². The minimum absolute atomic E-state index is 0.0801. The van der Waals surface area contributed by atoms with Crippen molar-refractivity contribution in [2.75, 3.05) is 0 Å². The topological polar surface area (TPSA) is 73.2 Å². The standard InChI is InChI=1S/C22H23F2N3O3/c1-5-16(25-21(29)30-22(2,3)4)19-26-18-15(24)12-11-14(23)17(18)20(28)27(19)13-9-7-6-8-10-13/h6-12,16H,5H2,1-4H3,(H,25,29)/t16-/m0/s1. The highest BCUT2D eigenvalue weighted by Gasteiger charge is 2.26. The van der Waals surface area contributed by atoms with Gasteiger partial charge in [-0.3, -0.25) is 9.36 Å². The number of hydrogen-bond acceptors (Lipinski definition) is 4. The fourth-order valence-corrected chi connectivity index (χ4v) is 3.09. The monoisotopic (exact) mass is 415 g/mol. The van der Waals surface area contributed by atoms with Crippen molar-refractivity contribution in [2.45, 2.75) is 45.8 Å². The van der Waals surface area contributed by atoms with Crippen LogP contribution in [0.3, 0.4) is 0 Å². The van der Waals surface area contributed by atoms with Gasteiger partial charge in [-0.15, -0.1) is 0 Å². The number of halogens is 2. The summed E-state index contributed by atoms with van der Waals surface area (Å²) in [7, 11) is 0. The molecule has 0 fully saturated rings. The van der Waals surface area contributed by atoms with Gasteiger partial charge in [0.1, 0.15) is 34.0 Å². The molecule has 30 heavy (non-hydrogen) atoms. The first-order chi connectivity index (χ1) is 14.1. The molecule has 0 radical (unpaired) electrons. The molecule has 0 aliphatic carbocycles. The van der Waals surface area contributed by atoms with Crippen LogP contribution in [0.15, 0.2) is 47.3 Å². The van der Waals surface area contributed by atoms with Gasteiger partial charge in [-0.05, 0) is 51.5 Å². The Balaban J connectivity index is 2.25. The Kier molecular flexibility index (Phi) is 5.87. The summed E-state index contributed by atoms with van der Waals surface area (Å²) in [6.07, 6.45) is -0.371. The molecule has 6 nitrogen and oxygen atoms in total. The summed E-state index contributed by atoms with van der Waals surface area (Å²) in [5, 5.41) is 2.23. The molecule has 0 bridgehead atoms. The molecule has 158 valence electrons. The van der Waals surface area contributed by atoms with Gasteiger partial charge in [-0.25, -0.2) is 18.6 Å². The van der Waals surface area contributed by atoms with E-state index in [2.05, 4.69) is 10.3 Å². The molecule has 8 heteroatoms. The number of fused-ring (bicyclic) bond motifs is 1. The molecule has 3 rings (SSSR count). The summed E-state index contributed by atoms with van der Waals surface area (Å²) in [5.74, 6) is -1.61. The number of amides is 1. The highest BCUT2D eigenvalue weighted by atomic mass is 19.1. The van der Waals surface area contributed by atoms with Crippen LogP contribution in [0.2, 0.25) is 0 Å². The van der Waals surface area contributed by atoms with E-state index in [0.717, 1.165) is 12.1 Å². The molecule has 0 aliphatic rings. The fraction of sp³-hybridized carbons (Fsp3) is 0.318. The van der Waals surface area contributed by atoms with Gasteiger partial charge in [0, 0.05) is 0 Å². The average Bonchev–Trinajstić information content (AvgIpc) is 2.68. The van der Waals surface area contributed by atoms with Gasteiger partial charge in [0.05, 0.1) is 11.7 Å². The molecular formula is C22H23F2N3O3. The molecule has 0 unspecified atom stereocenters.